The van der Waals surface area contributed by atoms with Gasteiger partial charge in [0.1, 0.15) is 0 Å². The first-order chi connectivity index (χ1) is 13.1. The van der Waals surface area contributed by atoms with Crippen molar-refractivity contribution in [3.05, 3.63) is 68.5 Å². The van der Waals surface area contributed by atoms with Crippen LogP contribution in [0.3, 0.4) is 0 Å². The van der Waals surface area contributed by atoms with Crippen molar-refractivity contribution in [1.29, 1.82) is 0 Å². The molecule has 10 heteroatoms. The van der Waals surface area contributed by atoms with Crippen molar-refractivity contribution < 1.29 is 9.72 Å². The maximum atomic E-state index is 12.2. The van der Waals surface area contributed by atoms with Crippen LogP contribution in [0.4, 0.5) is 5.69 Å². The first-order valence-electron chi connectivity index (χ1n) is 8.01. The van der Waals surface area contributed by atoms with E-state index in [-0.39, 0.29) is 11.6 Å². The SMILES string of the molecule is O=C(NCCc1csc2nc(-c3cccs3)nn12)c1ccc([N+](=O)[O-])cc1. The van der Waals surface area contributed by atoms with Crippen LogP contribution < -0.4 is 5.32 Å². The van der Waals surface area contributed by atoms with E-state index in [4.69, 9.17) is 0 Å². The zero-order valence-corrected chi connectivity index (χ0v) is 15.5. The summed E-state index contributed by atoms with van der Waals surface area (Å²) in [6, 6.07) is 9.47. The van der Waals surface area contributed by atoms with Crippen LogP contribution in [0.2, 0.25) is 0 Å². The lowest BCUT2D eigenvalue weighted by Gasteiger charge is -2.04. The lowest BCUT2D eigenvalue weighted by Crippen LogP contribution is -2.26. The van der Waals surface area contributed by atoms with Crippen LogP contribution in [-0.2, 0) is 6.42 Å². The number of hydrogen-bond donors (Lipinski definition) is 1. The van der Waals surface area contributed by atoms with E-state index in [1.807, 2.05) is 22.9 Å². The third-order valence-corrected chi connectivity index (χ3v) is 5.63. The molecule has 136 valence electrons. The quantitative estimate of drug-likeness (QED) is 0.395. The van der Waals surface area contributed by atoms with E-state index in [0.717, 1.165) is 15.5 Å². The Bertz CT molecular complexity index is 1100. The second-order valence-corrected chi connectivity index (χ2v) is 7.43. The fraction of sp³-hybridized carbons (Fsp3) is 0.118. The molecule has 3 heterocycles. The van der Waals surface area contributed by atoms with Gasteiger partial charge >= 0.3 is 0 Å². The number of nitro groups is 1. The zero-order valence-electron chi connectivity index (χ0n) is 13.9. The van der Waals surface area contributed by atoms with Gasteiger partial charge in [-0.3, -0.25) is 14.9 Å². The largest absolute Gasteiger partial charge is 0.352 e. The van der Waals surface area contributed by atoms with Crippen LogP contribution >= 0.6 is 22.7 Å². The van der Waals surface area contributed by atoms with Crippen molar-refractivity contribution in [2.75, 3.05) is 6.54 Å². The van der Waals surface area contributed by atoms with Crippen LogP contribution in [0, 0.1) is 10.1 Å². The Hall–Kier alpha value is -3.11. The molecule has 4 aromatic rings. The highest BCUT2D eigenvalue weighted by atomic mass is 32.1. The lowest BCUT2D eigenvalue weighted by atomic mass is 10.2. The first-order valence-corrected chi connectivity index (χ1v) is 9.77. The minimum atomic E-state index is -0.494. The van der Waals surface area contributed by atoms with E-state index in [2.05, 4.69) is 15.4 Å². The van der Waals surface area contributed by atoms with Crippen molar-refractivity contribution in [3.63, 3.8) is 0 Å². The molecule has 1 aromatic carbocycles. The number of aromatic nitrogens is 3. The highest BCUT2D eigenvalue weighted by Gasteiger charge is 2.13. The molecule has 1 amide bonds. The summed E-state index contributed by atoms with van der Waals surface area (Å²) in [4.78, 5) is 28.7. The number of nitrogens with one attached hydrogen (secondary N) is 1. The number of carbonyl (C=O) groups is 1. The number of thiophene rings is 1. The number of hydrogen-bond acceptors (Lipinski definition) is 7. The van der Waals surface area contributed by atoms with Gasteiger partial charge in [0.05, 0.1) is 15.5 Å². The highest BCUT2D eigenvalue weighted by Crippen LogP contribution is 2.24. The van der Waals surface area contributed by atoms with E-state index in [1.165, 1.54) is 35.6 Å². The van der Waals surface area contributed by atoms with Crippen LogP contribution in [0.25, 0.3) is 15.7 Å². The van der Waals surface area contributed by atoms with Crippen molar-refractivity contribution in [2.24, 2.45) is 0 Å². The maximum absolute atomic E-state index is 12.2. The molecule has 0 atom stereocenters. The molecular weight excluding hydrogens is 386 g/mol. The third-order valence-electron chi connectivity index (χ3n) is 3.90. The molecule has 0 aliphatic heterocycles. The molecule has 0 fully saturated rings. The van der Waals surface area contributed by atoms with Gasteiger partial charge in [0.15, 0.2) is 5.82 Å². The van der Waals surface area contributed by atoms with Gasteiger partial charge in [0.2, 0.25) is 4.96 Å². The Kier molecular flexibility index (Phi) is 4.65. The molecule has 0 unspecified atom stereocenters. The Morgan fingerprint density at radius 2 is 2.04 bits per heavy atom. The molecule has 0 bridgehead atoms. The topological polar surface area (TPSA) is 102 Å². The molecular formula is C17H13N5O3S2. The summed E-state index contributed by atoms with van der Waals surface area (Å²) in [5.74, 6) is 0.433. The standard InChI is InChI=1S/C17H13N5O3S2/c23-16(11-3-5-12(6-4-11)22(24)25)18-8-7-13-10-27-17-19-15(20-21(13)17)14-2-1-9-26-14/h1-6,9-10H,7-8H2,(H,18,23). The van der Waals surface area contributed by atoms with Crippen molar-refractivity contribution in [3.8, 4) is 10.7 Å². The number of thiazole rings is 1. The summed E-state index contributed by atoms with van der Waals surface area (Å²) in [7, 11) is 0. The second kappa shape index (κ2) is 7.25. The summed E-state index contributed by atoms with van der Waals surface area (Å²) in [6.45, 7) is 0.426. The van der Waals surface area contributed by atoms with E-state index >= 15 is 0 Å². The summed E-state index contributed by atoms with van der Waals surface area (Å²) in [5, 5.41) is 22.0. The van der Waals surface area contributed by atoms with Gasteiger partial charge in [-0.2, -0.15) is 4.98 Å². The van der Waals surface area contributed by atoms with Gasteiger partial charge in [-0.25, -0.2) is 4.52 Å². The molecule has 0 aliphatic rings. The Balaban J connectivity index is 1.40. The van der Waals surface area contributed by atoms with Crippen molar-refractivity contribution in [2.45, 2.75) is 6.42 Å². The maximum Gasteiger partial charge on any atom is 0.269 e. The molecule has 4 rings (SSSR count). The third kappa shape index (κ3) is 3.57. The smallest absolute Gasteiger partial charge is 0.269 e. The summed E-state index contributed by atoms with van der Waals surface area (Å²) >= 11 is 3.10. The minimum absolute atomic E-state index is 0.0417. The average molecular weight is 399 g/mol. The van der Waals surface area contributed by atoms with Gasteiger partial charge in [-0.1, -0.05) is 6.07 Å². The Morgan fingerprint density at radius 1 is 1.22 bits per heavy atom. The van der Waals surface area contributed by atoms with Gasteiger partial charge < -0.3 is 5.32 Å². The summed E-state index contributed by atoms with van der Waals surface area (Å²) in [6.07, 6.45) is 0.603. The number of amides is 1. The number of fused-ring (bicyclic) bond motifs is 1. The van der Waals surface area contributed by atoms with Crippen molar-refractivity contribution >= 4 is 39.2 Å². The van der Waals surface area contributed by atoms with Crippen LogP contribution in [0.1, 0.15) is 16.1 Å². The monoisotopic (exact) mass is 399 g/mol. The second-order valence-electron chi connectivity index (χ2n) is 5.64. The Morgan fingerprint density at radius 3 is 2.74 bits per heavy atom. The number of nitrogens with zero attached hydrogens (tertiary/aromatic N) is 4. The van der Waals surface area contributed by atoms with Crippen LogP contribution in [-0.4, -0.2) is 32.0 Å². The molecule has 0 aliphatic carbocycles. The van der Waals surface area contributed by atoms with E-state index in [9.17, 15) is 14.9 Å². The van der Waals surface area contributed by atoms with Crippen LogP contribution in [0.15, 0.2) is 47.2 Å². The number of nitro benzene ring substituents is 1. The molecule has 0 saturated heterocycles. The number of benzene rings is 1. The summed E-state index contributed by atoms with van der Waals surface area (Å²) < 4.78 is 1.80. The number of carbonyl (C=O) groups excluding carboxylic acids is 1. The fourth-order valence-electron chi connectivity index (χ4n) is 2.55. The molecule has 27 heavy (non-hydrogen) atoms. The highest BCUT2D eigenvalue weighted by molar-refractivity contribution is 7.15. The van der Waals surface area contributed by atoms with Gasteiger partial charge in [-0.15, -0.1) is 27.8 Å². The van der Waals surface area contributed by atoms with Gasteiger partial charge in [0.25, 0.3) is 11.6 Å². The van der Waals surface area contributed by atoms with Crippen LogP contribution in [0.5, 0.6) is 0 Å². The minimum Gasteiger partial charge on any atom is -0.352 e. The van der Waals surface area contributed by atoms with E-state index in [0.29, 0.717) is 24.4 Å². The van der Waals surface area contributed by atoms with Crippen molar-refractivity contribution in [1.82, 2.24) is 19.9 Å². The fourth-order valence-corrected chi connectivity index (χ4v) is 4.06. The molecule has 0 spiro atoms. The van der Waals surface area contributed by atoms with Gasteiger partial charge in [0, 0.05) is 36.0 Å². The average Bonchev–Trinajstić information content (AvgIpc) is 3.39. The predicted molar refractivity (Wildman–Crippen MR) is 103 cm³/mol. The summed E-state index contributed by atoms with van der Waals surface area (Å²) in [5.41, 5.74) is 1.31. The molecule has 0 saturated carbocycles. The molecule has 1 N–H and O–H groups in total. The lowest BCUT2D eigenvalue weighted by molar-refractivity contribution is -0.384. The number of rotatable bonds is 6. The van der Waals surface area contributed by atoms with E-state index in [1.54, 1.807) is 15.9 Å². The number of non-ortho nitro benzene ring substituents is 1. The first kappa shape index (κ1) is 17.3. The van der Waals surface area contributed by atoms with Gasteiger partial charge in [-0.05, 0) is 23.6 Å². The molecule has 8 nitrogen and oxygen atoms in total. The molecule has 3 aromatic heterocycles. The predicted octanol–water partition coefficient (Wildman–Crippen LogP) is 3.40. The zero-order chi connectivity index (χ0) is 18.8. The normalized spacial score (nSPS) is 11.0. The van der Waals surface area contributed by atoms with E-state index < -0.39 is 4.92 Å². The Labute approximate surface area is 161 Å². The molecule has 0 radical (unpaired) electrons.